The van der Waals surface area contributed by atoms with Crippen LogP contribution in [-0.2, 0) is 17.6 Å². The van der Waals surface area contributed by atoms with Crippen LogP contribution >= 0.6 is 11.3 Å². The van der Waals surface area contributed by atoms with Gasteiger partial charge in [-0.25, -0.2) is 10.2 Å². The molecule has 1 unspecified atom stereocenters. The number of nitrogens with one attached hydrogen (secondary N) is 1. The van der Waals surface area contributed by atoms with E-state index in [9.17, 15) is 9.59 Å². The molecule has 0 radical (unpaired) electrons. The van der Waals surface area contributed by atoms with Crippen molar-refractivity contribution < 1.29 is 14.3 Å². The molecule has 7 heteroatoms. The maximum atomic E-state index is 12.3. The molecule has 0 bridgehead atoms. The number of hydrazone groups is 1. The van der Waals surface area contributed by atoms with Crippen molar-refractivity contribution in [2.75, 3.05) is 20.2 Å². The van der Waals surface area contributed by atoms with Gasteiger partial charge in [-0.1, -0.05) is 6.92 Å². The number of piperidine rings is 1. The Kier molecular flexibility index (Phi) is 5.18. The van der Waals surface area contributed by atoms with Crippen LogP contribution in [0.1, 0.15) is 46.3 Å². The number of fused-ring (bicyclic) bond motifs is 1. The molecule has 6 nitrogen and oxygen atoms in total. The van der Waals surface area contributed by atoms with Crippen molar-refractivity contribution in [2.45, 2.75) is 39.0 Å². The van der Waals surface area contributed by atoms with Crippen LogP contribution in [0, 0.1) is 5.92 Å². The lowest BCUT2D eigenvalue weighted by Crippen LogP contribution is -2.39. The minimum Gasteiger partial charge on any atom is -0.453 e. The number of thiophene rings is 1. The summed E-state index contributed by atoms with van der Waals surface area (Å²) < 4.78 is 4.71. The zero-order valence-electron chi connectivity index (χ0n) is 14.1. The molecule has 1 atom stereocenters. The number of ether oxygens (including phenoxy) is 1. The van der Waals surface area contributed by atoms with Gasteiger partial charge in [0.25, 0.3) is 5.91 Å². The highest BCUT2D eigenvalue weighted by molar-refractivity contribution is 7.14. The summed E-state index contributed by atoms with van der Waals surface area (Å²) in [5.41, 5.74) is 4.91. The fourth-order valence-electron chi connectivity index (χ4n) is 3.19. The third-order valence-corrected chi connectivity index (χ3v) is 5.88. The number of hydrogen-bond donors (Lipinski definition) is 1. The Labute approximate surface area is 145 Å². The number of carbonyl (C=O) groups is 2. The molecule has 1 fully saturated rings. The van der Waals surface area contributed by atoms with Crippen molar-refractivity contribution in [2.24, 2.45) is 11.0 Å². The molecule has 1 aliphatic heterocycles. The molecule has 0 saturated carbocycles. The molecule has 3 rings (SSSR count). The fraction of sp³-hybridized carbons (Fsp3) is 0.588. The van der Waals surface area contributed by atoms with Crippen molar-refractivity contribution in [1.82, 2.24) is 10.3 Å². The summed E-state index contributed by atoms with van der Waals surface area (Å²) in [6.45, 7) is 3.41. The number of amides is 2. The lowest BCUT2D eigenvalue weighted by molar-refractivity contribution is 0.0957. The Hall–Kier alpha value is -1.89. The molecule has 2 heterocycles. The Balaban J connectivity index is 1.55. The molecule has 130 valence electrons. The van der Waals surface area contributed by atoms with E-state index in [4.69, 9.17) is 4.74 Å². The molecule has 1 saturated heterocycles. The standard InChI is InChI=1S/C17H23N3O3S/c1-11-3-4-14-12(9-11)10-15(24-14)16(21)19-18-13-5-7-20(8-6-13)17(22)23-2/h10-11H,3-9H2,1-2H3,(H,19,21). The summed E-state index contributed by atoms with van der Waals surface area (Å²) in [4.78, 5) is 27.5. The van der Waals surface area contributed by atoms with Gasteiger partial charge in [0.05, 0.1) is 12.0 Å². The van der Waals surface area contributed by atoms with Crippen molar-refractivity contribution in [3.05, 3.63) is 21.4 Å². The predicted octanol–water partition coefficient (Wildman–Crippen LogP) is 2.82. The summed E-state index contributed by atoms with van der Waals surface area (Å²) in [6.07, 6.45) is 4.36. The van der Waals surface area contributed by atoms with Gasteiger partial charge >= 0.3 is 6.09 Å². The number of likely N-dealkylation sites (tertiary alicyclic amines) is 1. The Morgan fingerprint density at radius 2 is 2.08 bits per heavy atom. The first kappa shape index (κ1) is 17.0. The van der Waals surface area contributed by atoms with E-state index in [0.717, 1.165) is 23.4 Å². The predicted molar refractivity (Wildman–Crippen MR) is 93.6 cm³/mol. The van der Waals surface area contributed by atoms with Crippen LogP contribution in [-0.4, -0.2) is 42.8 Å². The largest absolute Gasteiger partial charge is 0.453 e. The van der Waals surface area contributed by atoms with E-state index in [1.807, 2.05) is 6.07 Å². The molecule has 1 aliphatic carbocycles. The molecule has 0 spiro atoms. The average molecular weight is 349 g/mol. The maximum Gasteiger partial charge on any atom is 0.409 e. The van der Waals surface area contributed by atoms with Crippen molar-refractivity contribution in [3.8, 4) is 0 Å². The summed E-state index contributed by atoms with van der Waals surface area (Å²) in [5, 5.41) is 4.25. The highest BCUT2D eigenvalue weighted by Gasteiger charge is 2.22. The minimum absolute atomic E-state index is 0.134. The molecule has 2 aliphatic rings. The Bertz CT molecular complexity index is 658. The van der Waals surface area contributed by atoms with Gasteiger partial charge in [-0.05, 0) is 36.8 Å². The molecule has 1 aromatic rings. The summed E-state index contributed by atoms with van der Waals surface area (Å²) in [6, 6.07) is 2.02. The number of methoxy groups -OCH3 is 1. The third kappa shape index (κ3) is 3.77. The van der Waals surface area contributed by atoms with Gasteiger partial charge in [0.2, 0.25) is 0 Å². The van der Waals surface area contributed by atoms with Crippen LogP contribution in [0.5, 0.6) is 0 Å². The molecular formula is C17H23N3O3S. The van der Waals surface area contributed by atoms with E-state index in [2.05, 4.69) is 17.5 Å². The third-order valence-electron chi connectivity index (χ3n) is 4.64. The minimum atomic E-state index is -0.309. The van der Waals surface area contributed by atoms with Crippen LogP contribution in [0.3, 0.4) is 0 Å². The maximum absolute atomic E-state index is 12.3. The number of carbonyl (C=O) groups excluding carboxylic acids is 2. The number of rotatable bonds is 2. The second-order valence-corrected chi connectivity index (χ2v) is 7.62. The quantitative estimate of drug-likeness (QED) is 0.835. The van der Waals surface area contributed by atoms with Crippen molar-refractivity contribution >= 4 is 29.0 Å². The Morgan fingerprint density at radius 3 is 2.79 bits per heavy atom. The number of nitrogens with zero attached hydrogens (tertiary/aromatic N) is 2. The van der Waals surface area contributed by atoms with Gasteiger partial charge in [-0.3, -0.25) is 4.79 Å². The van der Waals surface area contributed by atoms with Gasteiger partial charge in [-0.2, -0.15) is 5.10 Å². The van der Waals surface area contributed by atoms with E-state index in [-0.39, 0.29) is 12.0 Å². The normalized spacial score (nSPS) is 20.3. The van der Waals surface area contributed by atoms with Crippen LogP contribution in [0.2, 0.25) is 0 Å². The molecular weight excluding hydrogens is 326 g/mol. The topological polar surface area (TPSA) is 71.0 Å². The summed E-state index contributed by atoms with van der Waals surface area (Å²) in [7, 11) is 1.38. The first-order chi connectivity index (χ1) is 11.6. The van der Waals surface area contributed by atoms with E-state index in [1.54, 1.807) is 16.2 Å². The highest BCUT2D eigenvalue weighted by Crippen LogP contribution is 2.32. The van der Waals surface area contributed by atoms with Crippen molar-refractivity contribution in [3.63, 3.8) is 0 Å². The first-order valence-corrected chi connectivity index (χ1v) is 9.18. The zero-order valence-corrected chi connectivity index (χ0v) is 14.9. The van der Waals surface area contributed by atoms with Gasteiger partial charge < -0.3 is 9.64 Å². The summed E-state index contributed by atoms with van der Waals surface area (Å²) >= 11 is 1.59. The fourth-order valence-corrected chi connectivity index (χ4v) is 4.29. The van der Waals surface area contributed by atoms with E-state index in [1.165, 1.54) is 24.0 Å². The second kappa shape index (κ2) is 7.34. The SMILES string of the molecule is COC(=O)N1CCC(=NNC(=O)c2cc3c(s2)CCC(C)C3)CC1. The van der Waals surface area contributed by atoms with Crippen LogP contribution in [0.25, 0.3) is 0 Å². The second-order valence-electron chi connectivity index (χ2n) is 6.48. The van der Waals surface area contributed by atoms with Gasteiger partial charge in [-0.15, -0.1) is 11.3 Å². The van der Waals surface area contributed by atoms with Crippen LogP contribution in [0.4, 0.5) is 4.79 Å². The number of aryl methyl sites for hydroxylation is 1. The lowest BCUT2D eigenvalue weighted by atomic mass is 9.90. The molecule has 24 heavy (non-hydrogen) atoms. The molecule has 0 aromatic carbocycles. The van der Waals surface area contributed by atoms with Crippen LogP contribution < -0.4 is 5.43 Å². The van der Waals surface area contributed by atoms with Gasteiger partial charge in [0.15, 0.2) is 0 Å². The zero-order chi connectivity index (χ0) is 17.1. The van der Waals surface area contributed by atoms with Gasteiger partial charge in [0.1, 0.15) is 0 Å². The molecule has 1 N–H and O–H groups in total. The monoisotopic (exact) mass is 349 g/mol. The van der Waals surface area contributed by atoms with E-state index in [0.29, 0.717) is 31.8 Å². The first-order valence-electron chi connectivity index (χ1n) is 8.37. The molecule has 1 aromatic heterocycles. The molecule has 2 amide bonds. The van der Waals surface area contributed by atoms with E-state index >= 15 is 0 Å². The summed E-state index contributed by atoms with van der Waals surface area (Å²) in [5.74, 6) is 0.563. The van der Waals surface area contributed by atoms with E-state index < -0.39 is 0 Å². The average Bonchev–Trinajstić information content (AvgIpc) is 3.02. The highest BCUT2D eigenvalue weighted by atomic mass is 32.1. The lowest BCUT2D eigenvalue weighted by Gasteiger charge is -2.26. The number of hydrogen-bond acceptors (Lipinski definition) is 5. The van der Waals surface area contributed by atoms with Gasteiger partial charge in [0, 0.05) is 36.5 Å². The van der Waals surface area contributed by atoms with Crippen molar-refractivity contribution in [1.29, 1.82) is 0 Å². The smallest absolute Gasteiger partial charge is 0.409 e. The van der Waals surface area contributed by atoms with Crippen LogP contribution in [0.15, 0.2) is 11.2 Å². The Morgan fingerprint density at radius 1 is 1.33 bits per heavy atom.